The second kappa shape index (κ2) is 11.3. The maximum Gasteiger partial charge on any atom is 0.396 e. The highest BCUT2D eigenvalue weighted by molar-refractivity contribution is 6.33. The van der Waals surface area contributed by atoms with Crippen LogP contribution in [-0.2, 0) is 19.1 Å². The molecule has 2 N–H and O–H groups in total. The molecule has 178 valence electrons. The third kappa shape index (κ3) is 5.49. The van der Waals surface area contributed by atoms with E-state index in [9.17, 15) is 14.4 Å². The van der Waals surface area contributed by atoms with Crippen molar-refractivity contribution in [1.29, 1.82) is 0 Å². The van der Waals surface area contributed by atoms with Crippen LogP contribution >= 0.6 is 0 Å². The normalized spacial score (nSPS) is 12.7. The molecule has 0 saturated heterocycles. The first-order chi connectivity index (χ1) is 17.1. The highest BCUT2D eigenvalue weighted by Gasteiger charge is 2.31. The Kier molecular flexibility index (Phi) is 7.73. The second-order valence-corrected chi connectivity index (χ2v) is 8.36. The average molecular weight is 469 g/mol. The molecule has 0 fully saturated rings. The minimum Gasteiger partial charge on any atom is -0.458 e. The van der Waals surface area contributed by atoms with E-state index in [-0.39, 0.29) is 18.4 Å². The van der Waals surface area contributed by atoms with Crippen LogP contribution < -0.4 is 10.6 Å². The van der Waals surface area contributed by atoms with E-state index in [2.05, 4.69) is 17.2 Å². The van der Waals surface area contributed by atoms with Gasteiger partial charge < -0.3 is 15.4 Å². The van der Waals surface area contributed by atoms with Gasteiger partial charge in [-0.2, -0.15) is 0 Å². The molecule has 6 nitrogen and oxygen atoms in total. The standard InChI is InChI=1S/C29H28N2O4/c1-2-3-11-18-30-27(32)26(20-12-5-4-6-13-20)31-28(33)29(34)35-19-25-23-16-9-7-14-21(23)22-15-8-10-17-24(22)25/h2,4-10,12-17,25-26H,1,3,11,18-19H2,(H,30,32)(H,31,33)/t26-/m1/s1. The molecule has 2 amide bonds. The van der Waals surface area contributed by atoms with Crippen LogP contribution in [0.4, 0.5) is 0 Å². The average Bonchev–Trinajstić information content (AvgIpc) is 3.22. The Balaban J connectivity index is 1.42. The number of hydrogen-bond acceptors (Lipinski definition) is 4. The van der Waals surface area contributed by atoms with Crippen molar-refractivity contribution >= 4 is 17.8 Å². The zero-order valence-electron chi connectivity index (χ0n) is 19.4. The smallest absolute Gasteiger partial charge is 0.396 e. The number of amides is 2. The Hall–Kier alpha value is -4.19. The summed E-state index contributed by atoms with van der Waals surface area (Å²) >= 11 is 0. The lowest BCUT2D eigenvalue weighted by Crippen LogP contribution is -2.43. The summed E-state index contributed by atoms with van der Waals surface area (Å²) in [6.45, 7) is 4.14. The van der Waals surface area contributed by atoms with Crippen LogP contribution in [0.1, 0.15) is 41.5 Å². The van der Waals surface area contributed by atoms with Crippen molar-refractivity contribution in [3.8, 4) is 11.1 Å². The molecule has 35 heavy (non-hydrogen) atoms. The van der Waals surface area contributed by atoms with E-state index in [1.54, 1.807) is 30.3 Å². The quantitative estimate of drug-likeness (QED) is 0.212. The summed E-state index contributed by atoms with van der Waals surface area (Å²) in [5.41, 5.74) is 4.90. The van der Waals surface area contributed by atoms with Crippen LogP contribution in [0, 0.1) is 0 Å². The molecular weight excluding hydrogens is 440 g/mol. The molecule has 4 rings (SSSR count). The molecule has 6 heteroatoms. The summed E-state index contributed by atoms with van der Waals surface area (Å²) < 4.78 is 5.44. The van der Waals surface area contributed by atoms with Crippen molar-refractivity contribution in [3.63, 3.8) is 0 Å². The molecule has 1 aliphatic rings. The summed E-state index contributed by atoms with van der Waals surface area (Å²) in [6, 6.07) is 23.8. The van der Waals surface area contributed by atoms with Gasteiger partial charge in [0.1, 0.15) is 12.6 Å². The van der Waals surface area contributed by atoms with Crippen LogP contribution in [-0.4, -0.2) is 30.9 Å². The summed E-state index contributed by atoms with van der Waals surface area (Å²) in [6.07, 6.45) is 3.28. The van der Waals surface area contributed by atoms with Crippen molar-refractivity contribution in [3.05, 3.63) is 108 Å². The molecule has 3 aromatic rings. The fraction of sp³-hybridized carbons (Fsp3) is 0.207. The highest BCUT2D eigenvalue weighted by Crippen LogP contribution is 2.44. The van der Waals surface area contributed by atoms with Gasteiger partial charge in [-0.3, -0.25) is 9.59 Å². The lowest BCUT2D eigenvalue weighted by atomic mass is 9.98. The van der Waals surface area contributed by atoms with E-state index >= 15 is 0 Å². The lowest BCUT2D eigenvalue weighted by Gasteiger charge is -2.19. The van der Waals surface area contributed by atoms with Crippen LogP contribution in [0.25, 0.3) is 11.1 Å². The summed E-state index contributed by atoms with van der Waals surface area (Å²) in [5, 5.41) is 5.35. The number of esters is 1. The monoisotopic (exact) mass is 468 g/mol. The number of ether oxygens (including phenoxy) is 1. The van der Waals surface area contributed by atoms with Gasteiger partial charge in [0.05, 0.1) is 0 Å². The van der Waals surface area contributed by atoms with Gasteiger partial charge in [-0.05, 0) is 40.7 Å². The fourth-order valence-electron chi connectivity index (χ4n) is 4.36. The van der Waals surface area contributed by atoms with Gasteiger partial charge in [0.2, 0.25) is 5.91 Å². The number of unbranched alkanes of at least 4 members (excludes halogenated alkanes) is 1. The molecule has 0 heterocycles. The van der Waals surface area contributed by atoms with E-state index in [4.69, 9.17) is 4.74 Å². The molecule has 0 spiro atoms. The van der Waals surface area contributed by atoms with E-state index < -0.39 is 17.9 Å². The molecule has 0 bridgehead atoms. The Morgan fingerprint density at radius 2 is 1.49 bits per heavy atom. The number of carbonyl (C=O) groups excluding carboxylic acids is 3. The number of allylic oxidation sites excluding steroid dienone is 1. The second-order valence-electron chi connectivity index (χ2n) is 8.36. The predicted octanol–water partition coefficient (Wildman–Crippen LogP) is 4.28. The van der Waals surface area contributed by atoms with Gasteiger partial charge >= 0.3 is 11.9 Å². The minimum atomic E-state index is -1.02. The fourth-order valence-corrected chi connectivity index (χ4v) is 4.36. The van der Waals surface area contributed by atoms with Crippen molar-refractivity contribution < 1.29 is 19.1 Å². The number of fused-ring (bicyclic) bond motifs is 3. The largest absolute Gasteiger partial charge is 0.458 e. The maximum atomic E-state index is 12.8. The van der Waals surface area contributed by atoms with Gasteiger partial charge in [-0.1, -0.05) is 84.9 Å². The van der Waals surface area contributed by atoms with Gasteiger partial charge in [-0.15, -0.1) is 6.58 Å². The van der Waals surface area contributed by atoms with E-state index in [1.165, 1.54) is 0 Å². The molecule has 0 unspecified atom stereocenters. The van der Waals surface area contributed by atoms with Gasteiger partial charge in [0, 0.05) is 12.5 Å². The molecule has 0 radical (unpaired) electrons. The Bertz CT molecular complexity index is 1180. The molecule has 0 aliphatic heterocycles. The maximum absolute atomic E-state index is 12.8. The number of nitrogens with one attached hydrogen (secondary N) is 2. The number of benzene rings is 3. The molecular formula is C29H28N2O4. The van der Waals surface area contributed by atoms with E-state index in [0.29, 0.717) is 12.1 Å². The van der Waals surface area contributed by atoms with Crippen LogP contribution in [0.15, 0.2) is 91.5 Å². The molecule has 1 aliphatic carbocycles. The zero-order valence-corrected chi connectivity index (χ0v) is 19.4. The predicted molar refractivity (Wildman–Crippen MR) is 134 cm³/mol. The Labute approximate surface area is 205 Å². The topological polar surface area (TPSA) is 84.5 Å². The van der Waals surface area contributed by atoms with Gasteiger partial charge in [-0.25, -0.2) is 4.79 Å². The van der Waals surface area contributed by atoms with Crippen LogP contribution in [0.2, 0.25) is 0 Å². The molecule has 0 saturated carbocycles. The van der Waals surface area contributed by atoms with Crippen molar-refractivity contribution in [2.45, 2.75) is 24.8 Å². The van der Waals surface area contributed by atoms with Crippen LogP contribution in [0.3, 0.4) is 0 Å². The minimum absolute atomic E-state index is 0.0318. The SMILES string of the molecule is C=CCCCNC(=O)[C@H](NC(=O)C(=O)OCC1c2ccccc2-c2ccccc21)c1ccccc1. The number of hydrogen-bond donors (Lipinski definition) is 2. The van der Waals surface area contributed by atoms with Crippen molar-refractivity contribution in [2.24, 2.45) is 0 Å². The molecule has 3 aromatic carbocycles. The summed E-state index contributed by atoms with van der Waals surface area (Å²) in [4.78, 5) is 38.2. The van der Waals surface area contributed by atoms with Gasteiger partial charge in [0.15, 0.2) is 0 Å². The number of carbonyl (C=O) groups is 3. The van der Waals surface area contributed by atoms with Crippen molar-refractivity contribution in [1.82, 2.24) is 10.6 Å². The zero-order chi connectivity index (χ0) is 24.6. The Morgan fingerprint density at radius 1 is 0.886 bits per heavy atom. The Morgan fingerprint density at radius 3 is 2.11 bits per heavy atom. The summed E-state index contributed by atoms with van der Waals surface area (Å²) in [5.74, 6) is -2.52. The first-order valence-corrected chi connectivity index (χ1v) is 11.7. The van der Waals surface area contributed by atoms with E-state index in [1.807, 2.05) is 54.6 Å². The van der Waals surface area contributed by atoms with E-state index in [0.717, 1.165) is 35.1 Å². The number of rotatable bonds is 9. The third-order valence-electron chi connectivity index (χ3n) is 6.08. The van der Waals surface area contributed by atoms with Gasteiger partial charge in [0.25, 0.3) is 0 Å². The summed E-state index contributed by atoms with van der Waals surface area (Å²) in [7, 11) is 0. The highest BCUT2D eigenvalue weighted by atomic mass is 16.5. The lowest BCUT2D eigenvalue weighted by molar-refractivity contribution is -0.155. The third-order valence-corrected chi connectivity index (χ3v) is 6.08. The van der Waals surface area contributed by atoms with Crippen LogP contribution in [0.5, 0.6) is 0 Å². The molecule has 0 aromatic heterocycles. The molecule has 1 atom stereocenters. The van der Waals surface area contributed by atoms with Crippen molar-refractivity contribution in [2.75, 3.05) is 13.2 Å². The first-order valence-electron chi connectivity index (χ1n) is 11.7. The first kappa shape index (κ1) is 24.0.